The summed E-state index contributed by atoms with van der Waals surface area (Å²) in [5.74, 6) is 0. The van der Waals surface area contributed by atoms with E-state index >= 15 is 0 Å². The number of hydrogen-bond acceptors (Lipinski definition) is 3. The lowest BCUT2D eigenvalue weighted by Gasteiger charge is -2.48. The Morgan fingerprint density at radius 1 is 1.26 bits per heavy atom. The lowest BCUT2D eigenvalue weighted by Crippen LogP contribution is -2.60. The van der Waals surface area contributed by atoms with Crippen molar-refractivity contribution in [2.45, 2.75) is 64.0 Å². The van der Waals surface area contributed by atoms with Crippen molar-refractivity contribution in [2.75, 3.05) is 26.7 Å². The molecule has 19 heavy (non-hydrogen) atoms. The SMILES string of the molecule is CCC(CC)(C(NC)C1=COCCC1)N1CCCC1. The molecule has 1 atom stereocenters. The summed E-state index contributed by atoms with van der Waals surface area (Å²) in [4.78, 5) is 2.73. The summed E-state index contributed by atoms with van der Waals surface area (Å²) in [6.45, 7) is 8.09. The fourth-order valence-electron chi connectivity index (χ4n) is 4.05. The molecule has 0 amide bonds. The molecule has 2 aliphatic rings. The Balaban J connectivity index is 2.25. The second-order valence-corrected chi connectivity index (χ2v) is 5.89. The molecule has 1 unspecified atom stereocenters. The molecule has 0 bridgehead atoms. The van der Waals surface area contributed by atoms with Gasteiger partial charge in [-0.05, 0) is 64.2 Å². The predicted molar refractivity (Wildman–Crippen MR) is 80.2 cm³/mol. The van der Waals surface area contributed by atoms with Gasteiger partial charge in [0.25, 0.3) is 0 Å². The number of likely N-dealkylation sites (N-methyl/N-ethyl adjacent to an activating group) is 1. The lowest BCUT2D eigenvalue weighted by molar-refractivity contribution is 0.0721. The van der Waals surface area contributed by atoms with Crippen LogP contribution in [0.5, 0.6) is 0 Å². The average molecular weight is 266 g/mol. The molecular formula is C16H30N2O. The normalized spacial score (nSPS) is 23.0. The van der Waals surface area contributed by atoms with Gasteiger partial charge in [0.15, 0.2) is 0 Å². The van der Waals surface area contributed by atoms with Crippen molar-refractivity contribution in [1.29, 1.82) is 0 Å². The van der Waals surface area contributed by atoms with Crippen LogP contribution in [0.2, 0.25) is 0 Å². The van der Waals surface area contributed by atoms with Crippen LogP contribution in [0.4, 0.5) is 0 Å². The van der Waals surface area contributed by atoms with Crippen molar-refractivity contribution in [3.63, 3.8) is 0 Å². The summed E-state index contributed by atoms with van der Waals surface area (Å²) < 4.78 is 5.59. The molecule has 2 heterocycles. The number of likely N-dealkylation sites (tertiary alicyclic amines) is 1. The maximum absolute atomic E-state index is 5.59. The van der Waals surface area contributed by atoms with E-state index in [9.17, 15) is 0 Å². The third-order valence-electron chi connectivity index (χ3n) is 5.12. The van der Waals surface area contributed by atoms with Crippen LogP contribution in [0.3, 0.4) is 0 Å². The Bertz CT molecular complexity index is 304. The lowest BCUT2D eigenvalue weighted by atomic mass is 9.78. The highest BCUT2D eigenvalue weighted by Crippen LogP contribution is 2.36. The summed E-state index contributed by atoms with van der Waals surface area (Å²) in [5.41, 5.74) is 1.72. The maximum atomic E-state index is 5.59. The predicted octanol–water partition coefficient (Wildman–Crippen LogP) is 2.92. The maximum Gasteiger partial charge on any atom is 0.0876 e. The Morgan fingerprint density at radius 3 is 2.42 bits per heavy atom. The van der Waals surface area contributed by atoms with E-state index in [-0.39, 0.29) is 5.54 Å². The summed E-state index contributed by atoms with van der Waals surface area (Å²) in [6.07, 6.45) is 9.48. The molecule has 1 saturated heterocycles. The van der Waals surface area contributed by atoms with E-state index in [2.05, 4.69) is 31.1 Å². The van der Waals surface area contributed by atoms with Crippen LogP contribution in [-0.2, 0) is 4.74 Å². The molecule has 3 heteroatoms. The van der Waals surface area contributed by atoms with E-state index in [0.29, 0.717) is 6.04 Å². The van der Waals surface area contributed by atoms with Gasteiger partial charge in [-0.25, -0.2) is 0 Å². The molecule has 2 rings (SSSR count). The van der Waals surface area contributed by atoms with Crippen molar-refractivity contribution >= 4 is 0 Å². The van der Waals surface area contributed by atoms with Crippen LogP contribution in [0.15, 0.2) is 11.8 Å². The van der Waals surface area contributed by atoms with Gasteiger partial charge in [0.1, 0.15) is 0 Å². The highest BCUT2D eigenvalue weighted by atomic mass is 16.5. The second kappa shape index (κ2) is 6.76. The molecule has 0 radical (unpaired) electrons. The summed E-state index contributed by atoms with van der Waals surface area (Å²) in [7, 11) is 2.11. The Labute approximate surface area is 118 Å². The zero-order valence-electron chi connectivity index (χ0n) is 12.9. The van der Waals surface area contributed by atoms with Crippen LogP contribution >= 0.6 is 0 Å². The fraction of sp³-hybridized carbons (Fsp3) is 0.875. The minimum atomic E-state index is 0.262. The number of nitrogens with one attached hydrogen (secondary N) is 1. The molecule has 110 valence electrons. The first-order valence-corrected chi connectivity index (χ1v) is 8.01. The first-order valence-electron chi connectivity index (χ1n) is 8.01. The number of nitrogens with zero attached hydrogens (tertiary/aromatic N) is 1. The van der Waals surface area contributed by atoms with Gasteiger partial charge in [0, 0.05) is 11.6 Å². The molecule has 0 aliphatic carbocycles. The van der Waals surface area contributed by atoms with Crippen LogP contribution in [-0.4, -0.2) is 43.2 Å². The minimum Gasteiger partial charge on any atom is -0.501 e. The van der Waals surface area contributed by atoms with Crippen molar-refractivity contribution in [3.8, 4) is 0 Å². The Kier molecular flexibility index (Phi) is 5.28. The van der Waals surface area contributed by atoms with Crippen molar-refractivity contribution in [2.24, 2.45) is 0 Å². The van der Waals surface area contributed by atoms with E-state index in [1.165, 1.54) is 50.8 Å². The van der Waals surface area contributed by atoms with Crippen molar-refractivity contribution in [1.82, 2.24) is 10.2 Å². The Hall–Kier alpha value is -0.540. The largest absolute Gasteiger partial charge is 0.501 e. The smallest absolute Gasteiger partial charge is 0.0876 e. The molecular weight excluding hydrogens is 236 g/mol. The van der Waals surface area contributed by atoms with Crippen LogP contribution in [0, 0.1) is 0 Å². The zero-order valence-corrected chi connectivity index (χ0v) is 12.9. The van der Waals surface area contributed by atoms with Crippen molar-refractivity contribution < 1.29 is 4.74 Å². The Morgan fingerprint density at radius 2 is 1.95 bits per heavy atom. The van der Waals surface area contributed by atoms with Gasteiger partial charge in [-0.15, -0.1) is 0 Å². The topological polar surface area (TPSA) is 24.5 Å². The quantitative estimate of drug-likeness (QED) is 0.800. The van der Waals surface area contributed by atoms with E-state index in [1.54, 1.807) is 0 Å². The molecule has 2 aliphatic heterocycles. The fourth-order valence-corrected chi connectivity index (χ4v) is 4.05. The number of hydrogen-bond donors (Lipinski definition) is 1. The summed E-state index contributed by atoms with van der Waals surface area (Å²) in [5, 5.41) is 3.60. The molecule has 0 saturated carbocycles. The van der Waals surface area contributed by atoms with Gasteiger partial charge in [0.05, 0.1) is 12.9 Å². The molecule has 3 nitrogen and oxygen atoms in total. The van der Waals surface area contributed by atoms with E-state index in [1.807, 2.05) is 6.26 Å². The third-order valence-corrected chi connectivity index (χ3v) is 5.12. The van der Waals surface area contributed by atoms with Crippen LogP contribution in [0.25, 0.3) is 0 Å². The van der Waals surface area contributed by atoms with E-state index < -0.39 is 0 Å². The standard InChI is InChI=1S/C16H30N2O/c1-4-16(5-2,18-10-6-7-11-18)15(17-3)14-9-8-12-19-13-14/h13,15,17H,4-12H2,1-3H3. The molecule has 0 aromatic heterocycles. The molecule has 0 aromatic rings. The highest BCUT2D eigenvalue weighted by Gasteiger charge is 2.43. The van der Waals surface area contributed by atoms with E-state index in [0.717, 1.165) is 13.0 Å². The second-order valence-electron chi connectivity index (χ2n) is 5.89. The first kappa shape index (κ1) is 14.9. The number of ether oxygens (including phenoxy) is 1. The van der Waals surface area contributed by atoms with Gasteiger partial charge < -0.3 is 10.1 Å². The highest BCUT2D eigenvalue weighted by molar-refractivity contribution is 5.19. The number of rotatable bonds is 6. The van der Waals surface area contributed by atoms with Crippen molar-refractivity contribution in [3.05, 3.63) is 11.8 Å². The average Bonchev–Trinajstić information content (AvgIpc) is 3.00. The van der Waals surface area contributed by atoms with Gasteiger partial charge in [0.2, 0.25) is 0 Å². The minimum absolute atomic E-state index is 0.262. The van der Waals surface area contributed by atoms with Gasteiger partial charge in [-0.2, -0.15) is 0 Å². The summed E-state index contributed by atoms with van der Waals surface area (Å²) >= 11 is 0. The zero-order chi connectivity index (χ0) is 13.7. The summed E-state index contributed by atoms with van der Waals surface area (Å²) in [6, 6.07) is 0.431. The molecule has 0 spiro atoms. The molecule has 0 aromatic carbocycles. The third kappa shape index (κ3) is 2.82. The van der Waals surface area contributed by atoms with Gasteiger partial charge in [-0.3, -0.25) is 4.90 Å². The first-order chi connectivity index (χ1) is 9.28. The van der Waals surface area contributed by atoms with Crippen LogP contribution in [0.1, 0.15) is 52.4 Å². The van der Waals surface area contributed by atoms with Crippen LogP contribution < -0.4 is 5.32 Å². The van der Waals surface area contributed by atoms with Gasteiger partial charge >= 0.3 is 0 Å². The van der Waals surface area contributed by atoms with Gasteiger partial charge in [-0.1, -0.05) is 13.8 Å². The molecule has 1 N–H and O–H groups in total. The van der Waals surface area contributed by atoms with E-state index in [4.69, 9.17) is 4.74 Å². The molecule has 1 fully saturated rings. The monoisotopic (exact) mass is 266 g/mol.